The summed E-state index contributed by atoms with van der Waals surface area (Å²) in [6.07, 6.45) is -6.54. The normalized spacial score (nSPS) is 21.4. The van der Waals surface area contributed by atoms with Crippen LogP contribution in [0.2, 0.25) is 0 Å². The Kier molecular flexibility index (Phi) is 14.1. The zero-order valence-electron chi connectivity index (χ0n) is 29.6. The van der Waals surface area contributed by atoms with Crippen LogP contribution in [-0.2, 0) is 39.3 Å². The van der Waals surface area contributed by atoms with Gasteiger partial charge in [0.2, 0.25) is 0 Å². The van der Waals surface area contributed by atoms with Crippen LogP contribution in [0.4, 0.5) is 19.0 Å². The van der Waals surface area contributed by atoms with Crippen LogP contribution in [0.5, 0.6) is 17.2 Å². The van der Waals surface area contributed by atoms with Crippen molar-refractivity contribution in [2.45, 2.75) is 68.9 Å². The van der Waals surface area contributed by atoms with Crippen molar-refractivity contribution in [2.75, 3.05) is 18.5 Å². The van der Waals surface area contributed by atoms with E-state index in [1.807, 2.05) is 90.4 Å². The molecule has 0 saturated carbocycles. The first kappa shape index (κ1) is 45.7. The number of hydrogen-bond acceptors (Lipinski definition) is 14. The maximum atomic E-state index is 13.7. The fourth-order valence-corrected chi connectivity index (χ4v) is 10.3. The largest absolute Gasteiger partial charge is 0.506 e. The number of ketones is 1. The molecule has 2 saturated heterocycles. The third kappa shape index (κ3) is 10.6. The van der Waals surface area contributed by atoms with Gasteiger partial charge < -0.3 is 50.2 Å². The number of fused-ring (bicyclic) bond motifs is 2. The summed E-state index contributed by atoms with van der Waals surface area (Å²) in [6, 6.07) is 3.35. The van der Waals surface area contributed by atoms with Crippen molar-refractivity contribution in [3.8, 4) is 17.2 Å². The number of nitrogens with one attached hydrogen (secondary N) is 2. The number of imidazole rings is 1. The van der Waals surface area contributed by atoms with Gasteiger partial charge in [-0.05, 0) is 140 Å². The molecule has 58 heavy (non-hydrogen) atoms. The summed E-state index contributed by atoms with van der Waals surface area (Å²) in [5.74, 6) is -3.22. The summed E-state index contributed by atoms with van der Waals surface area (Å²) in [7, 11) is -4.84. The van der Waals surface area contributed by atoms with Crippen LogP contribution in [-0.4, -0.2) is 102 Å². The Balaban J connectivity index is 1.18. The molecule has 2 fully saturated rings. The molecule has 2 aliphatic heterocycles. The Hall–Kier alpha value is -1.81. The average molecular weight is 1290 g/mol. The molecule has 2 aromatic heterocycles. The number of Topliss-reactive ketones (excluding diaryl/α,β-unsaturated/α-hetero) is 1. The van der Waals surface area contributed by atoms with Gasteiger partial charge >= 0.3 is 19.9 Å². The molecule has 4 heterocycles. The van der Waals surface area contributed by atoms with E-state index in [9.17, 15) is 42.2 Å². The third-order valence-electron chi connectivity index (χ3n) is 8.63. The summed E-state index contributed by atoms with van der Waals surface area (Å²) in [5, 5.41) is 14.8. The Morgan fingerprint density at radius 2 is 1.67 bits per heavy atom. The maximum absolute atomic E-state index is 13.7. The molecule has 7 N–H and O–H groups in total. The molecule has 1 amide bonds. The van der Waals surface area contributed by atoms with Gasteiger partial charge in [-0.15, -0.1) is 0 Å². The van der Waals surface area contributed by atoms with Crippen molar-refractivity contribution >= 4 is 127 Å². The van der Waals surface area contributed by atoms with Crippen molar-refractivity contribution in [1.82, 2.24) is 24.8 Å². The van der Waals surface area contributed by atoms with Gasteiger partial charge in [-0.25, -0.2) is 19.5 Å². The second kappa shape index (κ2) is 17.9. The molecule has 4 aromatic rings. The summed E-state index contributed by atoms with van der Waals surface area (Å²) >= 11 is 7.91. The third-order valence-corrected chi connectivity index (χ3v) is 12.4. The molecule has 26 heteroatoms. The first-order valence-corrected chi connectivity index (χ1v) is 22.5. The van der Waals surface area contributed by atoms with Crippen LogP contribution in [0, 0.1) is 14.3 Å². The minimum Gasteiger partial charge on any atom is -0.506 e. The summed E-state index contributed by atoms with van der Waals surface area (Å²) in [5.41, 5.74) is 7.05. The van der Waals surface area contributed by atoms with E-state index in [4.69, 9.17) is 24.7 Å². The molecule has 6 rings (SSSR count). The van der Waals surface area contributed by atoms with E-state index in [1.54, 1.807) is 43.4 Å². The number of nitrogens with zero attached hydrogens (tertiary/aromatic N) is 4. The summed E-state index contributed by atoms with van der Waals surface area (Å²) in [4.78, 5) is 57.2. The van der Waals surface area contributed by atoms with Gasteiger partial charge in [0.25, 0.3) is 0 Å². The van der Waals surface area contributed by atoms with Crippen LogP contribution in [0.25, 0.3) is 11.2 Å². The van der Waals surface area contributed by atoms with Crippen LogP contribution in [0.3, 0.4) is 0 Å². The van der Waals surface area contributed by atoms with Gasteiger partial charge in [0.15, 0.2) is 40.5 Å². The molecular formula is C32H31F3I4N7O11P. The van der Waals surface area contributed by atoms with E-state index in [2.05, 4.69) is 24.8 Å². The summed E-state index contributed by atoms with van der Waals surface area (Å²) < 4.78 is 84.3. The maximum Gasteiger partial charge on any atom is 0.471 e. The number of phosphoric acid groups is 1. The first-order chi connectivity index (χ1) is 27.0. The lowest BCUT2D eigenvalue weighted by Gasteiger charge is -2.24. The number of nitrogens with two attached hydrogens (primary N) is 1. The van der Waals surface area contributed by atoms with Crippen LogP contribution in [0.15, 0.2) is 36.9 Å². The molecular weight excluding hydrogens is 1250 g/mol. The molecule has 2 aliphatic rings. The SMILES string of the molecule is CC1(C)O[C@@H]2[C@H](O1)[C@@H](COP(=O)(O)O)O[C@H]2n1cnc2c(NCC(N)C(=O)[C@H](Cc3cc(I)c(Oc4cc(I)c(O)c(I)c4)c(I)c3)NC(=O)C(F)(F)F)ncnc21. The lowest BCUT2D eigenvalue weighted by atomic mass is 9.98. The zero-order valence-corrected chi connectivity index (χ0v) is 39.1. The lowest BCUT2D eigenvalue weighted by molar-refractivity contribution is -0.199. The summed E-state index contributed by atoms with van der Waals surface area (Å²) in [6.45, 7) is 2.47. The van der Waals surface area contributed by atoms with Gasteiger partial charge in [-0.1, -0.05) is 0 Å². The highest BCUT2D eigenvalue weighted by molar-refractivity contribution is 14.1. The second-order valence-corrected chi connectivity index (χ2v) is 19.2. The topological polar surface area (TPSA) is 252 Å². The number of carbonyl (C=O) groups excluding carboxylic acids is 2. The first-order valence-electron chi connectivity index (χ1n) is 16.6. The van der Waals surface area contributed by atoms with E-state index in [-0.39, 0.29) is 35.7 Å². The number of carbonyl (C=O) groups is 2. The van der Waals surface area contributed by atoms with Gasteiger partial charge in [0.1, 0.15) is 36.1 Å². The number of halogens is 7. The van der Waals surface area contributed by atoms with E-state index in [0.29, 0.717) is 31.3 Å². The number of ether oxygens (including phenoxy) is 4. The van der Waals surface area contributed by atoms with Crippen molar-refractivity contribution < 1.29 is 65.7 Å². The number of aromatic nitrogens is 4. The number of phenols is 1. The standard InChI is InChI=1S/C32H31F3I4N7O11P/c1-31(2)56-25-20(9-53-58(50,51)52)55-29(26(25)57-31)46-11-44-21-27(42-10-43-28(21)46)41-8-18(40)23(48)19(45-30(49)32(33,34)35)5-12-3-16(38)24(17(39)4-12)54-13-6-14(36)22(47)15(37)7-13/h3-4,6-7,10-11,18-20,25-26,29,47H,5,8-9,40H2,1-2H3,(H,45,49)(H,41,42,43)(H2,50,51,52)/t18?,19-,20+,25+,26+,29+/m0/s1. The zero-order chi connectivity index (χ0) is 42.5. The average Bonchev–Trinajstić information content (AvgIpc) is 3.79. The smallest absolute Gasteiger partial charge is 0.471 e. The van der Waals surface area contributed by atoms with Gasteiger partial charge in [-0.2, -0.15) is 13.2 Å². The Morgan fingerprint density at radius 1 is 1.03 bits per heavy atom. The number of anilines is 1. The van der Waals surface area contributed by atoms with Crippen LogP contribution in [0.1, 0.15) is 25.6 Å². The van der Waals surface area contributed by atoms with Crippen molar-refractivity contribution in [3.63, 3.8) is 0 Å². The molecule has 0 aliphatic carbocycles. The molecule has 2 aromatic carbocycles. The number of phosphoric ester groups is 1. The second-order valence-electron chi connectivity index (χ2n) is 13.3. The fraction of sp³-hybridized carbons (Fsp3) is 0.406. The molecule has 314 valence electrons. The van der Waals surface area contributed by atoms with Crippen molar-refractivity contribution in [1.29, 1.82) is 0 Å². The highest BCUT2D eigenvalue weighted by Crippen LogP contribution is 2.46. The van der Waals surface area contributed by atoms with Crippen LogP contribution < -0.4 is 21.1 Å². The Bertz CT molecular complexity index is 2240. The highest BCUT2D eigenvalue weighted by atomic mass is 127. The van der Waals surface area contributed by atoms with E-state index in [1.165, 1.54) is 17.2 Å². The highest BCUT2D eigenvalue weighted by Gasteiger charge is 2.56. The number of hydrogen-bond donors (Lipinski definition) is 6. The van der Waals surface area contributed by atoms with Gasteiger partial charge in [0.05, 0.1) is 39.3 Å². The number of rotatable bonds is 14. The number of amides is 1. The monoisotopic (exact) mass is 1280 g/mol. The molecule has 0 radical (unpaired) electrons. The van der Waals surface area contributed by atoms with Crippen LogP contribution >= 0.6 is 98.2 Å². The van der Waals surface area contributed by atoms with E-state index >= 15 is 0 Å². The number of phenolic OH excluding ortho intramolecular Hbond substituents is 1. The van der Waals surface area contributed by atoms with E-state index in [0.717, 1.165) is 0 Å². The van der Waals surface area contributed by atoms with Crippen molar-refractivity contribution in [2.24, 2.45) is 5.73 Å². The number of aromatic hydroxyl groups is 1. The fourth-order valence-electron chi connectivity index (χ4n) is 6.17. The van der Waals surface area contributed by atoms with Gasteiger partial charge in [0, 0.05) is 6.54 Å². The number of alkyl halides is 3. The quantitative estimate of drug-likeness (QED) is 0.0728. The Labute approximate surface area is 381 Å². The minimum absolute atomic E-state index is 0.0976. The number of benzene rings is 2. The minimum atomic E-state index is -5.28. The van der Waals surface area contributed by atoms with E-state index < -0.39 is 74.7 Å². The van der Waals surface area contributed by atoms with Crippen molar-refractivity contribution in [3.05, 3.63) is 56.8 Å². The molecule has 18 nitrogen and oxygen atoms in total. The Morgan fingerprint density at radius 3 is 2.29 bits per heavy atom. The lowest BCUT2D eigenvalue weighted by Crippen LogP contribution is -2.54. The molecule has 1 unspecified atom stereocenters. The van der Waals surface area contributed by atoms with Gasteiger partial charge in [-0.3, -0.25) is 18.7 Å². The molecule has 0 spiro atoms. The molecule has 0 bridgehead atoms. The predicted octanol–water partition coefficient (Wildman–Crippen LogP) is 4.87. The molecule has 6 atom stereocenters. The predicted molar refractivity (Wildman–Crippen MR) is 230 cm³/mol.